The Bertz CT molecular complexity index is 1230. The van der Waals surface area contributed by atoms with E-state index in [2.05, 4.69) is 20.6 Å². The van der Waals surface area contributed by atoms with E-state index in [1.807, 2.05) is 0 Å². The summed E-state index contributed by atoms with van der Waals surface area (Å²) in [6.45, 7) is 0.509. The van der Waals surface area contributed by atoms with Crippen LogP contribution < -0.4 is 10.6 Å². The second kappa shape index (κ2) is 9.42. The maximum Gasteiger partial charge on any atom is 0.394 e. The normalized spacial score (nSPS) is 23.1. The Morgan fingerprint density at radius 2 is 1.95 bits per heavy atom. The molecule has 0 bridgehead atoms. The van der Waals surface area contributed by atoms with Gasteiger partial charge in [0.15, 0.2) is 11.6 Å². The second-order valence-corrected chi connectivity index (χ2v) is 9.68. The first-order chi connectivity index (χ1) is 17.6. The van der Waals surface area contributed by atoms with E-state index in [1.165, 1.54) is 27.9 Å². The van der Waals surface area contributed by atoms with E-state index in [-0.39, 0.29) is 55.5 Å². The number of nitrogens with zero attached hydrogens (tertiary/aromatic N) is 4. The van der Waals surface area contributed by atoms with Gasteiger partial charge < -0.3 is 20.1 Å². The van der Waals surface area contributed by atoms with Gasteiger partial charge in [-0.3, -0.25) is 9.79 Å². The average Bonchev–Trinajstić information content (AvgIpc) is 3.33. The number of aliphatic imine (C=N–C) groups is 1. The van der Waals surface area contributed by atoms with Crippen molar-refractivity contribution in [3.8, 4) is 0 Å². The topological polar surface area (TPSA) is 91.6 Å². The average molecular weight is 524 g/mol. The number of alkyl halides is 3. The fraction of sp³-hybridized carbons (Fsp3) is 0.500. The molecular formula is C24H25F5N6O2. The minimum absolute atomic E-state index is 0.0349. The lowest BCUT2D eigenvalue weighted by molar-refractivity contribution is -0.128. The van der Waals surface area contributed by atoms with Crippen molar-refractivity contribution in [2.24, 2.45) is 4.99 Å². The highest BCUT2D eigenvalue weighted by Crippen LogP contribution is 2.36. The van der Waals surface area contributed by atoms with E-state index in [9.17, 15) is 31.5 Å². The summed E-state index contributed by atoms with van der Waals surface area (Å²) >= 11 is 0. The molecule has 1 aromatic carbocycles. The molecule has 13 heteroatoms. The third-order valence-electron chi connectivity index (χ3n) is 7.40. The van der Waals surface area contributed by atoms with Gasteiger partial charge in [0.25, 0.3) is 5.91 Å². The number of likely N-dealkylation sites (tertiary alicyclic amines) is 1. The smallest absolute Gasteiger partial charge is 0.329 e. The van der Waals surface area contributed by atoms with E-state index < -0.39 is 47.8 Å². The summed E-state index contributed by atoms with van der Waals surface area (Å²) in [5.74, 6) is -2.65. The molecule has 2 aromatic rings. The van der Waals surface area contributed by atoms with Crippen molar-refractivity contribution in [3.05, 3.63) is 53.1 Å². The number of rotatable bonds is 3. The molecule has 3 amide bonds. The number of piperidine rings is 1. The van der Waals surface area contributed by atoms with Gasteiger partial charge in [-0.1, -0.05) is 12.1 Å². The number of carbonyl (C=O) groups excluding carboxylic acids is 2. The molecule has 0 saturated carbocycles. The van der Waals surface area contributed by atoms with E-state index in [0.29, 0.717) is 12.8 Å². The molecule has 3 aliphatic heterocycles. The molecule has 5 rings (SSSR count). The number of urea groups is 1. The van der Waals surface area contributed by atoms with Crippen molar-refractivity contribution >= 4 is 18.3 Å². The predicted molar refractivity (Wildman–Crippen MR) is 122 cm³/mol. The number of benzene rings is 1. The zero-order chi connectivity index (χ0) is 26.4. The van der Waals surface area contributed by atoms with E-state index in [4.69, 9.17) is 0 Å². The molecule has 1 spiro atoms. The lowest BCUT2D eigenvalue weighted by Gasteiger charge is -2.36. The largest absolute Gasteiger partial charge is 0.394 e. The van der Waals surface area contributed by atoms with Crippen LogP contribution in [0.25, 0.3) is 0 Å². The SMILES string of the molecule is O=C(N[C@@H]1CC[C@@H](c2cccc(F)c2F)Cn2c(CC(F)(F)F)cnc21)N1CCC2(CC1)N=CNC2=O. The summed E-state index contributed by atoms with van der Waals surface area (Å²) in [4.78, 5) is 35.2. The van der Waals surface area contributed by atoms with Crippen molar-refractivity contribution < 1.29 is 31.5 Å². The first-order valence-corrected chi connectivity index (χ1v) is 12.0. The van der Waals surface area contributed by atoms with Crippen LogP contribution in [0.2, 0.25) is 0 Å². The Morgan fingerprint density at radius 1 is 1.19 bits per heavy atom. The lowest BCUT2D eigenvalue weighted by Crippen LogP contribution is -2.53. The van der Waals surface area contributed by atoms with Crippen LogP contribution in [0.1, 0.15) is 54.7 Å². The summed E-state index contributed by atoms with van der Waals surface area (Å²) in [7, 11) is 0. The van der Waals surface area contributed by atoms with E-state index >= 15 is 0 Å². The third kappa shape index (κ3) is 4.90. The summed E-state index contributed by atoms with van der Waals surface area (Å²) in [5, 5.41) is 5.42. The highest BCUT2D eigenvalue weighted by atomic mass is 19.4. The standard InChI is InChI=1S/C24H25F5N6O2/c25-17-3-1-2-16(19(17)26)14-4-5-18(20-30-11-15(35(20)12-14)10-24(27,28)29)33-22(37)34-8-6-23(7-9-34)21(36)31-13-32-23/h1-3,11,13-14,18H,4-10,12H2,(H,33,37)(H,31,32,36)/t14-,18-/m1/s1. The summed E-state index contributed by atoms with van der Waals surface area (Å²) in [6.07, 6.45) is -2.02. The van der Waals surface area contributed by atoms with Crippen molar-refractivity contribution in [1.82, 2.24) is 25.1 Å². The number of halogens is 5. The molecule has 2 atom stereocenters. The highest BCUT2D eigenvalue weighted by molar-refractivity contribution is 6.00. The second-order valence-electron chi connectivity index (χ2n) is 9.68. The van der Waals surface area contributed by atoms with Crippen molar-refractivity contribution in [1.29, 1.82) is 0 Å². The van der Waals surface area contributed by atoms with Crippen LogP contribution >= 0.6 is 0 Å². The zero-order valence-corrected chi connectivity index (χ0v) is 19.7. The number of nitrogens with one attached hydrogen (secondary N) is 2. The van der Waals surface area contributed by atoms with Crippen LogP contribution in [0.3, 0.4) is 0 Å². The van der Waals surface area contributed by atoms with Crippen LogP contribution in [0.15, 0.2) is 29.4 Å². The monoisotopic (exact) mass is 524 g/mol. The Hall–Kier alpha value is -3.51. The number of amides is 3. The fourth-order valence-electron chi connectivity index (χ4n) is 5.38. The van der Waals surface area contributed by atoms with Gasteiger partial charge in [-0.2, -0.15) is 13.2 Å². The minimum atomic E-state index is -4.50. The molecule has 0 unspecified atom stereocenters. The Morgan fingerprint density at radius 3 is 2.62 bits per heavy atom. The first-order valence-electron chi connectivity index (χ1n) is 12.0. The number of hydrogen-bond donors (Lipinski definition) is 2. The molecule has 4 heterocycles. The maximum atomic E-state index is 14.6. The molecule has 8 nitrogen and oxygen atoms in total. The molecule has 37 heavy (non-hydrogen) atoms. The fourth-order valence-corrected chi connectivity index (χ4v) is 5.38. The van der Waals surface area contributed by atoms with Crippen LogP contribution in [-0.2, 0) is 17.8 Å². The summed E-state index contributed by atoms with van der Waals surface area (Å²) in [6, 6.07) is 2.60. The summed E-state index contributed by atoms with van der Waals surface area (Å²) in [5.41, 5.74) is -0.916. The molecule has 0 aliphatic carbocycles. The van der Waals surface area contributed by atoms with Crippen LogP contribution in [0, 0.1) is 11.6 Å². The van der Waals surface area contributed by atoms with Gasteiger partial charge in [-0.15, -0.1) is 0 Å². The van der Waals surface area contributed by atoms with Crippen LogP contribution in [0.5, 0.6) is 0 Å². The molecule has 1 saturated heterocycles. The number of carbonyl (C=O) groups is 2. The number of aromatic nitrogens is 2. The predicted octanol–water partition coefficient (Wildman–Crippen LogP) is 3.59. The zero-order valence-electron chi connectivity index (χ0n) is 19.7. The number of fused-ring (bicyclic) bond motifs is 1. The van der Waals surface area contributed by atoms with Gasteiger partial charge in [0.05, 0.1) is 18.8 Å². The van der Waals surface area contributed by atoms with Crippen LogP contribution in [-0.4, -0.2) is 57.5 Å². The van der Waals surface area contributed by atoms with Crippen molar-refractivity contribution in [2.75, 3.05) is 13.1 Å². The quantitative estimate of drug-likeness (QED) is 0.602. The van der Waals surface area contributed by atoms with Crippen LogP contribution in [0.4, 0.5) is 26.7 Å². The lowest BCUT2D eigenvalue weighted by atomic mass is 9.88. The van der Waals surface area contributed by atoms with Gasteiger partial charge >= 0.3 is 12.2 Å². The van der Waals surface area contributed by atoms with E-state index in [1.54, 1.807) is 0 Å². The molecule has 0 radical (unpaired) electrons. The van der Waals surface area contributed by atoms with Gasteiger partial charge in [0.2, 0.25) is 0 Å². The highest BCUT2D eigenvalue weighted by Gasteiger charge is 2.44. The molecule has 2 N–H and O–H groups in total. The van der Waals surface area contributed by atoms with Crippen molar-refractivity contribution in [3.63, 3.8) is 0 Å². The Labute approximate surface area is 208 Å². The van der Waals surface area contributed by atoms with Gasteiger partial charge in [-0.05, 0) is 37.3 Å². The number of imidazole rings is 1. The molecule has 3 aliphatic rings. The van der Waals surface area contributed by atoms with Gasteiger partial charge in [0, 0.05) is 37.4 Å². The molecular weight excluding hydrogens is 499 g/mol. The van der Waals surface area contributed by atoms with Gasteiger partial charge in [-0.25, -0.2) is 18.6 Å². The minimum Gasteiger partial charge on any atom is -0.329 e. The summed E-state index contributed by atoms with van der Waals surface area (Å²) < 4.78 is 69.7. The van der Waals surface area contributed by atoms with Crippen molar-refractivity contribution in [2.45, 2.75) is 62.3 Å². The van der Waals surface area contributed by atoms with E-state index in [0.717, 1.165) is 12.3 Å². The third-order valence-corrected chi connectivity index (χ3v) is 7.40. The number of hydrogen-bond acceptors (Lipinski definition) is 4. The molecule has 198 valence electrons. The molecule has 1 fully saturated rings. The first kappa shape index (κ1) is 25.2. The molecule has 1 aromatic heterocycles. The Balaban J connectivity index is 1.37. The maximum absolute atomic E-state index is 14.6. The van der Waals surface area contributed by atoms with Gasteiger partial charge in [0.1, 0.15) is 11.4 Å². The Kier molecular flexibility index (Phi) is 6.40.